The molecule has 4 heteroatoms. The molecule has 90 valence electrons. The average Bonchev–Trinajstić information content (AvgIpc) is 2.18. The minimum Gasteiger partial charge on any atom is -0.258 e. The first-order valence-electron chi connectivity index (χ1n) is 5.39. The Morgan fingerprint density at radius 3 is 2.24 bits per heavy atom. The van der Waals surface area contributed by atoms with Crippen LogP contribution in [0.3, 0.4) is 0 Å². The molecule has 1 rings (SSSR count). The third kappa shape index (κ3) is 2.28. The summed E-state index contributed by atoms with van der Waals surface area (Å²) >= 11 is 0. The van der Waals surface area contributed by atoms with E-state index in [4.69, 9.17) is 5.26 Å². The van der Waals surface area contributed by atoms with Gasteiger partial charge in [0, 0.05) is 5.56 Å². The van der Waals surface area contributed by atoms with E-state index in [-0.39, 0.29) is 10.6 Å². The van der Waals surface area contributed by atoms with E-state index in [1.165, 1.54) is 0 Å². The number of nitrogens with zero attached hydrogens (tertiary/aromatic N) is 2. The Kier molecular flexibility index (Phi) is 3.23. The van der Waals surface area contributed by atoms with Crippen molar-refractivity contribution in [3.63, 3.8) is 0 Å². The minimum atomic E-state index is -0.425. The van der Waals surface area contributed by atoms with Gasteiger partial charge in [-0.15, -0.1) is 0 Å². The summed E-state index contributed by atoms with van der Waals surface area (Å²) < 4.78 is 0. The topological polar surface area (TPSA) is 66.9 Å². The Morgan fingerprint density at radius 1 is 1.35 bits per heavy atom. The Labute approximate surface area is 101 Å². The monoisotopic (exact) mass is 232 g/mol. The van der Waals surface area contributed by atoms with Crippen LogP contribution in [0.5, 0.6) is 0 Å². The second-order valence-electron chi connectivity index (χ2n) is 5.21. The smallest absolute Gasteiger partial charge is 0.258 e. The highest BCUT2D eigenvalue weighted by atomic mass is 16.6. The number of nitriles is 1. The van der Waals surface area contributed by atoms with Gasteiger partial charge in [0.15, 0.2) is 0 Å². The Bertz CT molecular complexity index is 520. The van der Waals surface area contributed by atoms with E-state index in [1.54, 1.807) is 19.9 Å². The molecule has 0 N–H and O–H groups in total. The van der Waals surface area contributed by atoms with Gasteiger partial charge in [-0.05, 0) is 30.9 Å². The Balaban J connectivity index is 3.83. The summed E-state index contributed by atoms with van der Waals surface area (Å²) in [5, 5.41) is 20.3. The molecule has 0 amide bonds. The van der Waals surface area contributed by atoms with Crippen LogP contribution < -0.4 is 0 Å². The summed E-state index contributed by atoms with van der Waals surface area (Å²) in [4.78, 5) is 10.8. The maximum absolute atomic E-state index is 11.2. The van der Waals surface area contributed by atoms with Crippen LogP contribution in [0.15, 0.2) is 6.07 Å². The molecule has 17 heavy (non-hydrogen) atoms. The van der Waals surface area contributed by atoms with Crippen molar-refractivity contribution in [2.24, 2.45) is 0 Å². The molecular weight excluding hydrogens is 216 g/mol. The third-order valence-electron chi connectivity index (χ3n) is 2.87. The number of rotatable bonds is 1. The summed E-state index contributed by atoms with van der Waals surface area (Å²) in [6, 6.07) is 3.79. The molecule has 1 aromatic carbocycles. The number of hydrogen-bond acceptors (Lipinski definition) is 3. The number of nitro benzene ring substituents is 1. The largest absolute Gasteiger partial charge is 0.277 e. The zero-order chi connectivity index (χ0) is 13.4. The van der Waals surface area contributed by atoms with Crippen molar-refractivity contribution in [2.75, 3.05) is 0 Å². The predicted octanol–water partition coefficient (Wildman–Crippen LogP) is 3.38. The number of hydrogen-bond donors (Lipinski definition) is 0. The summed E-state index contributed by atoms with van der Waals surface area (Å²) in [6.45, 7) is 9.15. The van der Waals surface area contributed by atoms with Crippen molar-refractivity contribution in [3.05, 3.63) is 38.4 Å². The molecule has 0 spiro atoms. The van der Waals surface area contributed by atoms with Gasteiger partial charge in [0.25, 0.3) is 5.69 Å². The van der Waals surface area contributed by atoms with E-state index >= 15 is 0 Å². The number of nitro groups is 1. The van der Waals surface area contributed by atoms with Crippen molar-refractivity contribution >= 4 is 5.69 Å². The van der Waals surface area contributed by atoms with E-state index in [2.05, 4.69) is 6.07 Å². The molecule has 4 nitrogen and oxygen atoms in total. The molecule has 0 bridgehead atoms. The van der Waals surface area contributed by atoms with Crippen LogP contribution in [-0.4, -0.2) is 4.92 Å². The fourth-order valence-electron chi connectivity index (χ4n) is 1.97. The van der Waals surface area contributed by atoms with Gasteiger partial charge >= 0.3 is 0 Å². The number of benzene rings is 1. The summed E-state index contributed by atoms with van der Waals surface area (Å²) in [5.41, 5.74) is 1.99. The predicted molar refractivity (Wildman–Crippen MR) is 66.0 cm³/mol. The van der Waals surface area contributed by atoms with Crippen LogP contribution in [0, 0.1) is 35.3 Å². The summed E-state index contributed by atoms with van der Waals surface area (Å²) in [5.74, 6) is 0. The number of aryl methyl sites for hydroxylation is 1. The molecule has 0 saturated heterocycles. The second-order valence-corrected chi connectivity index (χ2v) is 5.21. The fraction of sp³-hybridized carbons (Fsp3) is 0.462. The molecule has 0 radical (unpaired) electrons. The second kappa shape index (κ2) is 4.17. The highest BCUT2D eigenvalue weighted by Crippen LogP contribution is 2.37. The van der Waals surface area contributed by atoms with Gasteiger partial charge in [-0.25, -0.2) is 0 Å². The van der Waals surface area contributed by atoms with E-state index in [1.807, 2.05) is 20.8 Å². The highest BCUT2D eigenvalue weighted by molar-refractivity contribution is 5.61. The maximum Gasteiger partial charge on any atom is 0.277 e. The molecule has 0 unspecified atom stereocenters. The fourth-order valence-corrected chi connectivity index (χ4v) is 1.97. The molecule has 1 aromatic rings. The first-order valence-corrected chi connectivity index (χ1v) is 5.39. The zero-order valence-electron chi connectivity index (χ0n) is 10.8. The lowest BCUT2D eigenvalue weighted by molar-refractivity contribution is -0.386. The van der Waals surface area contributed by atoms with Crippen molar-refractivity contribution in [1.29, 1.82) is 5.26 Å². The third-order valence-corrected chi connectivity index (χ3v) is 2.87. The van der Waals surface area contributed by atoms with Gasteiger partial charge < -0.3 is 0 Å². The van der Waals surface area contributed by atoms with Gasteiger partial charge in [0.05, 0.1) is 22.1 Å². The SMILES string of the molecule is Cc1cc(C#N)c(C(C)(C)C)c([N+](=O)[O-])c1C. The molecule has 0 fully saturated rings. The molecule has 0 aliphatic heterocycles. The van der Waals surface area contributed by atoms with Crippen LogP contribution in [0.1, 0.15) is 43.0 Å². The molecule has 0 aromatic heterocycles. The lowest BCUT2D eigenvalue weighted by Gasteiger charge is -2.22. The van der Waals surface area contributed by atoms with E-state index in [0.29, 0.717) is 16.7 Å². The Morgan fingerprint density at radius 2 is 1.88 bits per heavy atom. The first-order chi connectivity index (χ1) is 7.70. The summed E-state index contributed by atoms with van der Waals surface area (Å²) in [7, 11) is 0. The van der Waals surface area contributed by atoms with Gasteiger partial charge in [-0.1, -0.05) is 20.8 Å². The van der Waals surface area contributed by atoms with Crippen molar-refractivity contribution in [1.82, 2.24) is 0 Å². The van der Waals surface area contributed by atoms with Gasteiger partial charge in [-0.2, -0.15) is 5.26 Å². The van der Waals surface area contributed by atoms with Gasteiger partial charge in [-0.3, -0.25) is 10.1 Å². The van der Waals surface area contributed by atoms with Crippen LogP contribution in [0.25, 0.3) is 0 Å². The van der Waals surface area contributed by atoms with Crippen LogP contribution >= 0.6 is 0 Å². The molecule has 0 atom stereocenters. The summed E-state index contributed by atoms with van der Waals surface area (Å²) in [6.07, 6.45) is 0. The van der Waals surface area contributed by atoms with Crippen molar-refractivity contribution in [2.45, 2.75) is 40.0 Å². The molecule has 0 heterocycles. The van der Waals surface area contributed by atoms with Crippen molar-refractivity contribution in [3.8, 4) is 6.07 Å². The molecule has 0 aliphatic carbocycles. The van der Waals surface area contributed by atoms with E-state index in [0.717, 1.165) is 5.56 Å². The van der Waals surface area contributed by atoms with Gasteiger partial charge in [0.2, 0.25) is 0 Å². The molecular formula is C13H16N2O2. The quantitative estimate of drug-likeness (QED) is 0.550. The standard InChI is InChI=1S/C13H16N2O2/c1-8-6-10(7-14)11(13(3,4)5)12(9(8)2)15(16)17/h6H,1-5H3. The highest BCUT2D eigenvalue weighted by Gasteiger charge is 2.31. The van der Waals surface area contributed by atoms with Crippen LogP contribution in [-0.2, 0) is 5.41 Å². The average molecular weight is 232 g/mol. The zero-order valence-corrected chi connectivity index (χ0v) is 10.8. The van der Waals surface area contributed by atoms with E-state index in [9.17, 15) is 10.1 Å². The maximum atomic E-state index is 11.2. The Hall–Kier alpha value is -1.89. The first kappa shape index (κ1) is 13.2. The van der Waals surface area contributed by atoms with Crippen molar-refractivity contribution < 1.29 is 4.92 Å². The normalized spacial score (nSPS) is 11.1. The van der Waals surface area contributed by atoms with Crippen LogP contribution in [0.4, 0.5) is 5.69 Å². The lowest BCUT2D eigenvalue weighted by atomic mass is 9.80. The van der Waals surface area contributed by atoms with E-state index < -0.39 is 5.41 Å². The minimum absolute atomic E-state index is 0.0778. The van der Waals surface area contributed by atoms with Crippen LogP contribution in [0.2, 0.25) is 0 Å². The lowest BCUT2D eigenvalue weighted by Crippen LogP contribution is -2.17. The molecule has 0 saturated carbocycles. The van der Waals surface area contributed by atoms with Gasteiger partial charge in [0.1, 0.15) is 0 Å². The molecule has 0 aliphatic rings.